The number of hydrogen-bond acceptors (Lipinski definition) is 2. The molecule has 86 valence electrons. The van der Waals surface area contributed by atoms with Gasteiger partial charge in [-0.1, -0.05) is 32.6 Å². The second-order valence-corrected chi connectivity index (χ2v) is 3.99. The van der Waals surface area contributed by atoms with Gasteiger partial charge in [0.1, 0.15) is 5.82 Å². The van der Waals surface area contributed by atoms with Gasteiger partial charge in [-0.25, -0.2) is 4.98 Å². The summed E-state index contributed by atoms with van der Waals surface area (Å²) < 4.78 is 2.23. The van der Waals surface area contributed by atoms with E-state index in [4.69, 9.17) is 5.73 Å². The van der Waals surface area contributed by atoms with Gasteiger partial charge in [-0.15, -0.1) is 0 Å². The summed E-state index contributed by atoms with van der Waals surface area (Å²) in [7, 11) is 0. The maximum absolute atomic E-state index is 5.53. The lowest BCUT2D eigenvalue weighted by Gasteiger charge is -2.06. The van der Waals surface area contributed by atoms with Gasteiger partial charge < -0.3 is 10.3 Å². The standard InChI is InChI=1S/C12H23N3/c1-2-3-4-5-6-10-15-11-9-14-12(15)7-8-13/h9,11H,2-8,10,13H2,1H3. The second kappa shape index (κ2) is 7.46. The SMILES string of the molecule is CCCCCCCn1ccnc1CCN. The Bertz CT molecular complexity index is 255. The molecular weight excluding hydrogens is 186 g/mol. The Kier molecular flexibility index (Phi) is 6.09. The minimum atomic E-state index is 0.687. The molecule has 1 heterocycles. The minimum absolute atomic E-state index is 0.687. The Hall–Kier alpha value is -0.830. The number of nitrogens with zero attached hydrogens (tertiary/aromatic N) is 2. The molecule has 0 unspecified atom stereocenters. The molecular formula is C12H23N3. The van der Waals surface area contributed by atoms with E-state index in [2.05, 4.69) is 22.7 Å². The first-order chi connectivity index (χ1) is 7.38. The maximum Gasteiger partial charge on any atom is 0.109 e. The largest absolute Gasteiger partial charge is 0.335 e. The normalized spacial score (nSPS) is 10.8. The third kappa shape index (κ3) is 4.47. The Morgan fingerprint density at radius 1 is 1.27 bits per heavy atom. The molecule has 3 nitrogen and oxygen atoms in total. The van der Waals surface area contributed by atoms with Gasteiger partial charge in [0.2, 0.25) is 0 Å². The van der Waals surface area contributed by atoms with E-state index < -0.39 is 0 Å². The number of nitrogens with two attached hydrogens (primary N) is 1. The van der Waals surface area contributed by atoms with E-state index in [0.29, 0.717) is 6.54 Å². The fraction of sp³-hybridized carbons (Fsp3) is 0.750. The zero-order valence-corrected chi connectivity index (χ0v) is 9.78. The van der Waals surface area contributed by atoms with Crippen LogP contribution in [0.4, 0.5) is 0 Å². The van der Waals surface area contributed by atoms with Gasteiger partial charge in [0.05, 0.1) is 0 Å². The molecule has 15 heavy (non-hydrogen) atoms. The van der Waals surface area contributed by atoms with Crippen molar-refractivity contribution < 1.29 is 0 Å². The van der Waals surface area contributed by atoms with Crippen LogP contribution in [-0.2, 0) is 13.0 Å². The van der Waals surface area contributed by atoms with E-state index in [1.807, 2.05) is 6.20 Å². The first-order valence-electron chi connectivity index (χ1n) is 6.08. The van der Waals surface area contributed by atoms with Crippen LogP contribution in [0.25, 0.3) is 0 Å². The predicted molar refractivity (Wildman–Crippen MR) is 63.7 cm³/mol. The molecule has 1 rings (SSSR count). The van der Waals surface area contributed by atoms with Crippen molar-refractivity contribution in [2.75, 3.05) is 6.54 Å². The minimum Gasteiger partial charge on any atom is -0.335 e. The maximum atomic E-state index is 5.53. The summed E-state index contributed by atoms with van der Waals surface area (Å²) in [6.07, 6.45) is 11.4. The molecule has 0 spiro atoms. The summed E-state index contributed by atoms with van der Waals surface area (Å²) in [4.78, 5) is 4.30. The summed E-state index contributed by atoms with van der Waals surface area (Å²) in [5.74, 6) is 1.13. The van der Waals surface area contributed by atoms with E-state index in [1.54, 1.807) is 0 Å². The third-order valence-corrected chi connectivity index (χ3v) is 2.67. The number of hydrogen-bond donors (Lipinski definition) is 1. The van der Waals surface area contributed by atoms with Gasteiger partial charge in [-0.3, -0.25) is 0 Å². The molecule has 0 fully saturated rings. The average molecular weight is 209 g/mol. The number of unbranched alkanes of at least 4 members (excludes halogenated alkanes) is 4. The van der Waals surface area contributed by atoms with E-state index >= 15 is 0 Å². The first-order valence-corrected chi connectivity index (χ1v) is 6.08. The zero-order chi connectivity index (χ0) is 10.9. The second-order valence-electron chi connectivity index (χ2n) is 3.99. The molecule has 0 aliphatic heterocycles. The summed E-state index contributed by atoms with van der Waals surface area (Å²) in [5.41, 5.74) is 5.53. The van der Waals surface area contributed by atoms with E-state index in [-0.39, 0.29) is 0 Å². The van der Waals surface area contributed by atoms with Crippen LogP contribution in [0, 0.1) is 0 Å². The Labute approximate surface area is 92.7 Å². The van der Waals surface area contributed by atoms with Gasteiger partial charge in [0.25, 0.3) is 0 Å². The molecule has 0 aromatic carbocycles. The van der Waals surface area contributed by atoms with Crippen molar-refractivity contribution in [3.63, 3.8) is 0 Å². The fourth-order valence-corrected chi connectivity index (χ4v) is 1.79. The monoisotopic (exact) mass is 209 g/mol. The lowest BCUT2D eigenvalue weighted by Crippen LogP contribution is -2.09. The number of rotatable bonds is 8. The van der Waals surface area contributed by atoms with Crippen molar-refractivity contribution in [1.29, 1.82) is 0 Å². The highest BCUT2D eigenvalue weighted by Crippen LogP contribution is 2.06. The van der Waals surface area contributed by atoms with Crippen molar-refractivity contribution in [2.45, 2.75) is 52.0 Å². The lowest BCUT2D eigenvalue weighted by molar-refractivity contribution is 0.553. The highest BCUT2D eigenvalue weighted by atomic mass is 15.1. The highest BCUT2D eigenvalue weighted by molar-refractivity contribution is 4.92. The molecule has 0 saturated heterocycles. The number of aryl methyl sites for hydroxylation is 1. The summed E-state index contributed by atoms with van der Waals surface area (Å²) in [6.45, 7) is 4.03. The van der Waals surface area contributed by atoms with Crippen LogP contribution in [0.5, 0.6) is 0 Å². The fourth-order valence-electron chi connectivity index (χ4n) is 1.79. The van der Waals surface area contributed by atoms with Gasteiger partial charge in [-0.2, -0.15) is 0 Å². The Balaban J connectivity index is 2.21. The molecule has 1 aromatic heterocycles. The molecule has 3 heteroatoms. The highest BCUT2D eigenvalue weighted by Gasteiger charge is 2.00. The molecule has 1 aromatic rings. The molecule has 0 aliphatic rings. The van der Waals surface area contributed by atoms with Crippen LogP contribution in [0.1, 0.15) is 44.9 Å². The number of imidazole rings is 1. The van der Waals surface area contributed by atoms with Gasteiger partial charge in [-0.05, 0) is 13.0 Å². The molecule has 0 bridgehead atoms. The Morgan fingerprint density at radius 3 is 2.80 bits per heavy atom. The van der Waals surface area contributed by atoms with Crippen LogP contribution in [0.15, 0.2) is 12.4 Å². The van der Waals surface area contributed by atoms with Crippen LogP contribution >= 0.6 is 0 Å². The molecule has 0 atom stereocenters. The molecule has 0 saturated carbocycles. The van der Waals surface area contributed by atoms with Crippen LogP contribution in [0.2, 0.25) is 0 Å². The van der Waals surface area contributed by atoms with E-state index in [9.17, 15) is 0 Å². The van der Waals surface area contributed by atoms with Crippen molar-refractivity contribution >= 4 is 0 Å². The third-order valence-electron chi connectivity index (χ3n) is 2.67. The molecule has 0 aliphatic carbocycles. The van der Waals surface area contributed by atoms with E-state index in [0.717, 1.165) is 18.8 Å². The van der Waals surface area contributed by atoms with Crippen molar-refractivity contribution in [1.82, 2.24) is 9.55 Å². The summed E-state index contributed by atoms with van der Waals surface area (Å²) >= 11 is 0. The smallest absolute Gasteiger partial charge is 0.109 e. The van der Waals surface area contributed by atoms with Crippen molar-refractivity contribution in [3.8, 4) is 0 Å². The molecule has 0 radical (unpaired) electrons. The Morgan fingerprint density at radius 2 is 2.07 bits per heavy atom. The van der Waals surface area contributed by atoms with E-state index in [1.165, 1.54) is 32.1 Å². The predicted octanol–water partition coefficient (Wildman–Crippen LogP) is 2.35. The zero-order valence-electron chi connectivity index (χ0n) is 9.78. The quantitative estimate of drug-likeness (QED) is 0.668. The summed E-state index contributed by atoms with van der Waals surface area (Å²) in [6, 6.07) is 0. The van der Waals surface area contributed by atoms with Crippen LogP contribution in [0.3, 0.4) is 0 Å². The van der Waals surface area contributed by atoms with Crippen LogP contribution in [-0.4, -0.2) is 16.1 Å². The first kappa shape index (κ1) is 12.2. The average Bonchev–Trinajstić information content (AvgIpc) is 2.66. The van der Waals surface area contributed by atoms with Gasteiger partial charge in [0.15, 0.2) is 0 Å². The molecule has 2 N–H and O–H groups in total. The molecule has 0 amide bonds. The number of aromatic nitrogens is 2. The van der Waals surface area contributed by atoms with Crippen molar-refractivity contribution in [3.05, 3.63) is 18.2 Å². The van der Waals surface area contributed by atoms with Crippen molar-refractivity contribution in [2.24, 2.45) is 5.73 Å². The lowest BCUT2D eigenvalue weighted by atomic mass is 10.1. The van der Waals surface area contributed by atoms with Gasteiger partial charge >= 0.3 is 0 Å². The van der Waals surface area contributed by atoms with Crippen LogP contribution < -0.4 is 5.73 Å². The summed E-state index contributed by atoms with van der Waals surface area (Å²) in [5, 5.41) is 0. The topological polar surface area (TPSA) is 43.8 Å². The van der Waals surface area contributed by atoms with Gasteiger partial charge in [0, 0.05) is 25.4 Å².